The van der Waals surface area contributed by atoms with Gasteiger partial charge < -0.3 is 25.8 Å². The second kappa shape index (κ2) is 15.0. The Morgan fingerprint density at radius 3 is 2.72 bits per heavy atom. The summed E-state index contributed by atoms with van der Waals surface area (Å²) in [7, 11) is 1.30. The molecule has 1 fully saturated rings. The van der Waals surface area contributed by atoms with Gasteiger partial charge in [-0.2, -0.15) is 0 Å². The van der Waals surface area contributed by atoms with Crippen molar-refractivity contribution in [3.8, 4) is 11.1 Å². The van der Waals surface area contributed by atoms with Gasteiger partial charge >= 0.3 is 6.09 Å². The summed E-state index contributed by atoms with van der Waals surface area (Å²) in [6.07, 6.45) is 5.57. The zero-order valence-corrected chi connectivity index (χ0v) is 23.4. The van der Waals surface area contributed by atoms with Crippen molar-refractivity contribution in [1.29, 1.82) is 0 Å². The molecule has 1 aliphatic heterocycles. The van der Waals surface area contributed by atoms with Crippen molar-refractivity contribution in [2.45, 2.75) is 70.3 Å². The quantitative estimate of drug-likeness (QED) is 0.305. The van der Waals surface area contributed by atoms with Gasteiger partial charge in [0.25, 0.3) is 0 Å². The molecular weight excluding hydrogens is 497 g/mol. The van der Waals surface area contributed by atoms with Crippen molar-refractivity contribution < 1.29 is 23.8 Å². The lowest BCUT2D eigenvalue weighted by Gasteiger charge is -2.43. The smallest absolute Gasteiger partial charge is 0.406 e. The number of carbonyl (C=O) groups excluding carboxylic acids is 2. The maximum absolute atomic E-state index is 15.6. The van der Waals surface area contributed by atoms with E-state index in [1.165, 1.54) is 13.2 Å². The first-order chi connectivity index (χ1) is 18.8. The molecule has 0 aromatic heterocycles. The molecule has 1 unspecified atom stereocenters. The number of nitrogens with zero attached hydrogens (tertiary/aromatic N) is 1. The van der Waals surface area contributed by atoms with E-state index in [-0.39, 0.29) is 11.8 Å². The van der Waals surface area contributed by atoms with E-state index in [9.17, 15) is 14.7 Å². The summed E-state index contributed by atoms with van der Waals surface area (Å²) in [5.41, 5.74) is 6.89. The van der Waals surface area contributed by atoms with Gasteiger partial charge in [0.05, 0.1) is 12.7 Å². The predicted molar refractivity (Wildman–Crippen MR) is 152 cm³/mol. The van der Waals surface area contributed by atoms with Crippen molar-refractivity contribution in [3.05, 3.63) is 59.4 Å². The summed E-state index contributed by atoms with van der Waals surface area (Å²) < 4.78 is 20.2. The van der Waals surface area contributed by atoms with Gasteiger partial charge in [0, 0.05) is 37.5 Å². The van der Waals surface area contributed by atoms with Crippen LogP contribution >= 0.6 is 0 Å². The fraction of sp³-hybridized carbons (Fsp3) is 0.548. The molecule has 4 N–H and O–H groups in total. The van der Waals surface area contributed by atoms with E-state index in [0.717, 1.165) is 43.2 Å². The Hall–Kier alpha value is -2.97. The van der Waals surface area contributed by atoms with Crippen LogP contribution in [0.25, 0.3) is 11.1 Å². The van der Waals surface area contributed by atoms with Gasteiger partial charge in [0.15, 0.2) is 0 Å². The second-order valence-corrected chi connectivity index (χ2v) is 10.4. The molecule has 1 aliphatic rings. The molecule has 39 heavy (non-hydrogen) atoms. The van der Waals surface area contributed by atoms with Crippen LogP contribution in [0.5, 0.6) is 0 Å². The molecule has 2 atom stereocenters. The number of aryl methyl sites for hydroxylation is 1. The highest BCUT2D eigenvalue weighted by Gasteiger charge is 2.43. The fourth-order valence-electron chi connectivity index (χ4n) is 5.65. The van der Waals surface area contributed by atoms with Crippen LogP contribution in [-0.4, -0.2) is 55.3 Å². The number of hydrogen-bond donors (Lipinski definition) is 3. The van der Waals surface area contributed by atoms with Crippen molar-refractivity contribution in [3.63, 3.8) is 0 Å². The topological polar surface area (TPSA) is 105 Å². The lowest BCUT2D eigenvalue weighted by molar-refractivity contribution is -0.136. The highest BCUT2D eigenvalue weighted by atomic mass is 19.1. The van der Waals surface area contributed by atoms with Gasteiger partial charge in [-0.25, -0.2) is 9.18 Å². The van der Waals surface area contributed by atoms with E-state index in [1.807, 2.05) is 29.2 Å². The Morgan fingerprint density at radius 1 is 1.18 bits per heavy atom. The van der Waals surface area contributed by atoms with Crippen molar-refractivity contribution in [2.24, 2.45) is 11.7 Å². The van der Waals surface area contributed by atoms with E-state index in [2.05, 4.69) is 17.0 Å². The molecule has 1 saturated heterocycles. The van der Waals surface area contributed by atoms with E-state index < -0.39 is 17.5 Å². The molecule has 0 bridgehead atoms. The average molecular weight is 542 g/mol. The van der Waals surface area contributed by atoms with Gasteiger partial charge in [-0.15, -0.1) is 0 Å². The van der Waals surface area contributed by atoms with Gasteiger partial charge in [-0.1, -0.05) is 49.7 Å². The van der Waals surface area contributed by atoms with Gasteiger partial charge in [0.2, 0.25) is 5.91 Å². The molecule has 3 rings (SSSR count). The van der Waals surface area contributed by atoms with E-state index in [4.69, 9.17) is 5.73 Å². The number of ether oxygens (including phenoxy) is 1. The number of unbranched alkanes of at least 4 members (excludes halogenated alkanes) is 2. The van der Waals surface area contributed by atoms with Crippen molar-refractivity contribution in [2.75, 3.05) is 33.3 Å². The van der Waals surface area contributed by atoms with Crippen LogP contribution in [0.3, 0.4) is 0 Å². The predicted octanol–water partition coefficient (Wildman–Crippen LogP) is 5.14. The summed E-state index contributed by atoms with van der Waals surface area (Å²) in [5.74, 6) is -0.593. The lowest BCUT2D eigenvalue weighted by atomic mass is 9.72. The van der Waals surface area contributed by atoms with Gasteiger partial charge in [-0.05, 0) is 74.2 Å². The summed E-state index contributed by atoms with van der Waals surface area (Å²) in [5, 5.41) is 15.2. The number of rotatable bonds is 13. The number of methoxy groups -OCH3 is 1. The molecule has 2 aromatic carbocycles. The summed E-state index contributed by atoms with van der Waals surface area (Å²) in [6, 6.07) is 12.6. The summed E-state index contributed by atoms with van der Waals surface area (Å²) >= 11 is 0. The molecule has 0 spiro atoms. The van der Waals surface area contributed by atoms with E-state index >= 15 is 4.39 Å². The number of amides is 2. The molecule has 2 amide bonds. The number of alkyl carbamates (subject to hydrolysis) is 1. The largest absolute Gasteiger partial charge is 0.453 e. The zero-order valence-electron chi connectivity index (χ0n) is 23.4. The summed E-state index contributed by atoms with van der Waals surface area (Å²) in [4.78, 5) is 26.5. The maximum Gasteiger partial charge on any atom is 0.406 e. The first kappa shape index (κ1) is 30.6. The van der Waals surface area contributed by atoms with Crippen LogP contribution in [0.1, 0.15) is 69.4 Å². The average Bonchev–Trinajstić information content (AvgIpc) is 2.97. The molecule has 0 radical (unpaired) electrons. The molecule has 0 aliphatic carbocycles. The maximum atomic E-state index is 15.6. The van der Waals surface area contributed by atoms with E-state index in [0.29, 0.717) is 63.0 Å². The third-order valence-corrected chi connectivity index (χ3v) is 7.84. The number of aliphatic hydroxyl groups is 1. The number of halogens is 1. The molecule has 1 heterocycles. The monoisotopic (exact) mass is 541 g/mol. The van der Waals surface area contributed by atoms with Gasteiger partial charge in [-0.3, -0.25) is 4.79 Å². The number of likely N-dealkylation sites (tertiary alicyclic amines) is 1. The second-order valence-electron chi connectivity index (χ2n) is 10.4. The number of hydrogen-bond acceptors (Lipinski definition) is 5. The Labute approximate surface area is 231 Å². The van der Waals surface area contributed by atoms with E-state index in [1.54, 1.807) is 12.1 Å². The zero-order chi connectivity index (χ0) is 28.3. The number of carbonyl (C=O) groups is 2. The molecular formula is C31H44FN3O4. The SMILES string of the molecule is CCc1cccc(-c2c(F)cccc2C(O)(CCCNC(=O)OC)[C@@H]2CCCN(C(=O)CCCCCN)C2)c1. The van der Waals surface area contributed by atoms with Crippen LogP contribution in [0, 0.1) is 11.7 Å². The van der Waals surface area contributed by atoms with Crippen molar-refractivity contribution >= 4 is 12.0 Å². The lowest BCUT2D eigenvalue weighted by Crippen LogP contribution is -2.48. The van der Waals surface area contributed by atoms with Crippen LogP contribution in [0.15, 0.2) is 42.5 Å². The Bertz CT molecular complexity index is 1100. The minimum atomic E-state index is -1.41. The minimum absolute atomic E-state index is 0.0848. The normalized spacial score (nSPS) is 16.9. The van der Waals surface area contributed by atoms with Crippen molar-refractivity contribution in [1.82, 2.24) is 10.2 Å². The molecule has 0 saturated carbocycles. The molecule has 7 nitrogen and oxygen atoms in total. The van der Waals surface area contributed by atoms with Gasteiger partial charge in [0.1, 0.15) is 5.82 Å². The van der Waals surface area contributed by atoms with Crippen LogP contribution in [0.2, 0.25) is 0 Å². The number of nitrogens with two attached hydrogens (primary N) is 1. The Kier molecular flexibility index (Phi) is 11.7. The highest BCUT2D eigenvalue weighted by molar-refractivity contribution is 5.76. The van der Waals surface area contributed by atoms with Crippen LogP contribution in [0.4, 0.5) is 9.18 Å². The molecule has 2 aromatic rings. The molecule has 214 valence electrons. The van der Waals surface area contributed by atoms with Crippen LogP contribution in [-0.2, 0) is 21.6 Å². The third-order valence-electron chi connectivity index (χ3n) is 7.84. The first-order valence-electron chi connectivity index (χ1n) is 14.2. The molecule has 8 heteroatoms. The number of piperidine rings is 1. The minimum Gasteiger partial charge on any atom is -0.453 e. The third kappa shape index (κ3) is 8.02. The first-order valence-corrected chi connectivity index (χ1v) is 14.2. The Balaban J connectivity index is 1.95. The standard InChI is InChI=1S/C31H44FN3O4/c1-3-23-11-7-12-24(21-23)29-26(14-8-15-27(29)32)31(38,17-10-19-34-30(37)39-2)25-13-9-20-35(22-25)28(36)16-5-4-6-18-33/h7-8,11-12,14-15,21,25,38H,3-6,9-10,13,16-20,22,33H2,1-2H3,(H,34,37)/t25-,31?/m1/s1. The number of benzene rings is 2. The summed E-state index contributed by atoms with van der Waals surface area (Å²) in [6.45, 7) is 4.04. The fourth-order valence-corrected chi connectivity index (χ4v) is 5.65. The highest BCUT2D eigenvalue weighted by Crippen LogP contribution is 2.44. The number of nitrogens with one attached hydrogen (secondary N) is 1. The van der Waals surface area contributed by atoms with Crippen LogP contribution < -0.4 is 11.1 Å². The Morgan fingerprint density at radius 2 is 1.97 bits per heavy atom.